The van der Waals surface area contributed by atoms with Crippen LogP contribution in [0.5, 0.6) is 0 Å². The number of allylic oxidation sites excluding steroid dienone is 16. The fourth-order valence-electron chi connectivity index (χ4n) is 7.55. The first-order valence-electron chi connectivity index (χ1n) is 27.8. The lowest BCUT2D eigenvalue weighted by Gasteiger charge is -2.18. The molecule has 0 aromatic heterocycles. The van der Waals surface area contributed by atoms with Gasteiger partial charge in [0.15, 0.2) is 6.10 Å². The van der Waals surface area contributed by atoms with Gasteiger partial charge >= 0.3 is 11.9 Å². The summed E-state index contributed by atoms with van der Waals surface area (Å²) < 4.78 is 17.4. The Kier molecular flexibility index (Phi) is 53.4. The summed E-state index contributed by atoms with van der Waals surface area (Å²) >= 11 is 0. The van der Waals surface area contributed by atoms with E-state index >= 15 is 0 Å². The molecule has 0 bridgehead atoms. The molecule has 0 rings (SSSR count). The highest BCUT2D eigenvalue weighted by atomic mass is 16.6. The molecule has 0 aromatic rings. The van der Waals surface area contributed by atoms with Crippen LogP contribution >= 0.6 is 0 Å². The second kappa shape index (κ2) is 56.1. The molecule has 378 valence electrons. The predicted octanol–water partition coefficient (Wildman–Crippen LogP) is 19.0. The van der Waals surface area contributed by atoms with Gasteiger partial charge in [0.25, 0.3) is 0 Å². The summed E-state index contributed by atoms with van der Waals surface area (Å²) in [5.74, 6) is -0.458. The lowest BCUT2D eigenvalue weighted by Crippen LogP contribution is -2.30. The molecule has 5 heteroatoms. The van der Waals surface area contributed by atoms with Gasteiger partial charge in [-0.1, -0.05) is 240 Å². The van der Waals surface area contributed by atoms with Gasteiger partial charge in [-0.3, -0.25) is 9.59 Å². The third-order valence-corrected chi connectivity index (χ3v) is 11.6. The van der Waals surface area contributed by atoms with Crippen LogP contribution in [0.15, 0.2) is 97.2 Å². The van der Waals surface area contributed by atoms with Crippen molar-refractivity contribution in [3.63, 3.8) is 0 Å². The van der Waals surface area contributed by atoms with Crippen LogP contribution in [0.1, 0.15) is 252 Å². The number of rotatable bonds is 50. The van der Waals surface area contributed by atoms with E-state index in [1.54, 1.807) is 0 Å². The van der Waals surface area contributed by atoms with Gasteiger partial charge in [-0.05, 0) is 96.3 Å². The molecule has 0 aliphatic heterocycles. The van der Waals surface area contributed by atoms with Crippen LogP contribution in [0.3, 0.4) is 0 Å². The highest BCUT2D eigenvalue weighted by molar-refractivity contribution is 5.70. The first-order valence-corrected chi connectivity index (χ1v) is 27.8. The zero-order chi connectivity index (χ0) is 47.7. The Morgan fingerprint density at radius 3 is 1.12 bits per heavy atom. The van der Waals surface area contributed by atoms with E-state index in [0.717, 1.165) is 109 Å². The Morgan fingerprint density at radius 1 is 0.348 bits per heavy atom. The van der Waals surface area contributed by atoms with Crippen molar-refractivity contribution >= 4 is 11.9 Å². The standard InChI is InChI=1S/C61H104O5/c1-4-7-10-13-16-19-22-25-28-30-31-32-34-36-39-42-45-48-51-54-60(62)65-58-59(57-64-56-53-50-47-44-41-38-35-29-26-23-20-17-14-11-8-5-2)66-61(63)55-52-49-46-43-40-37-33-27-24-21-18-15-12-9-6-3/h7,9-10,12,16,18-19,21,25,27-28,31-33,40,43,59H,4-6,8,11,13-15,17,20,22-24,26,29-30,34-39,41-42,44-58H2,1-3H3/b10-7-,12-9-,19-16-,21-18-,28-25-,32-31-,33-27-,43-40-. The van der Waals surface area contributed by atoms with E-state index in [1.165, 1.54) is 109 Å². The third kappa shape index (κ3) is 53.4. The van der Waals surface area contributed by atoms with Crippen LogP contribution in [0, 0.1) is 0 Å². The van der Waals surface area contributed by atoms with E-state index < -0.39 is 6.10 Å². The molecule has 0 spiro atoms. The minimum absolute atomic E-state index is 0.0583. The van der Waals surface area contributed by atoms with E-state index in [1.807, 2.05) is 0 Å². The summed E-state index contributed by atoms with van der Waals surface area (Å²) in [7, 11) is 0. The van der Waals surface area contributed by atoms with Crippen LogP contribution in [0.25, 0.3) is 0 Å². The maximum Gasteiger partial charge on any atom is 0.306 e. The molecule has 0 aliphatic carbocycles. The van der Waals surface area contributed by atoms with E-state index in [9.17, 15) is 9.59 Å². The molecule has 0 aliphatic rings. The predicted molar refractivity (Wildman–Crippen MR) is 288 cm³/mol. The Balaban J connectivity index is 4.35. The van der Waals surface area contributed by atoms with Gasteiger partial charge in [0.1, 0.15) is 6.61 Å². The van der Waals surface area contributed by atoms with E-state index in [4.69, 9.17) is 14.2 Å². The smallest absolute Gasteiger partial charge is 0.306 e. The quantitative estimate of drug-likeness (QED) is 0.0346. The number of esters is 2. The van der Waals surface area contributed by atoms with Crippen LogP contribution < -0.4 is 0 Å². The summed E-state index contributed by atoms with van der Waals surface area (Å²) in [5, 5.41) is 0. The summed E-state index contributed by atoms with van der Waals surface area (Å²) in [6.07, 6.45) is 75.7. The molecule has 1 atom stereocenters. The number of carbonyl (C=O) groups excluding carboxylic acids is 2. The zero-order valence-electron chi connectivity index (χ0n) is 43.4. The van der Waals surface area contributed by atoms with Crippen molar-refractivity contribution in [1.29, 1.82) is 0 Å². The highest BCUT2D eigenvalue weighted by Crippen LogP contribution is 2.15. The Labute approximate surface area is 409 Å². The molecular formula is C61H104O5. The van der Waals surface area contributed by atoms with Crippen LogP contribution in [-0.4, -0.2) is 37.9 Å². The number of carbonyl (C=O) groups is 2. The molecule has 0 fully saturated rings. The molecule has 0 aromatic carbocycles. The average Bonchev–Trinajstić information content (AvgIpc) is 3.32. The summed E-state index contributed by atoms with van der Waals surface area (Å²) in [5.41, 5.74) is 0. The number of hydrogen-bond acceptors (Lipinski definition) is 5. The Morgan fingerprint density at radius 2 is 0.682 bits per heavy atom. The molecule has 5 nitrogen and oxygen atoms in total. The second-order valence-electron chi connectivity index (χ2n) is 18.1. The first-order chi connectivity index (χ1) is 32.6. The number of unbranched alkanes of at least 4 members (excludes halogenated alkanes) is 23. The SMILES string of the molecule is CC/C=C\C/C=C\C/C=C\C/C=C\CCCCCCCCC(=O)OCC(COCCCCCCCCCCCCCCCCCC)OC(=O)CCCC/C=C\C/C=C\C/C=C\C/C=C\CC. The minimum atomic E-state index is -0.568. The molecular weight excluding hydrogens is 813 g/mol. The van der Waals surface area contributed by atoms with Gasteiger partial charge in [-0.15, -0.1) is 0 Å². The summed E-state index contributed by atoms with van der Waals surface area (Å²) in [4.78, 5) is 25.5. The lowest BCUT2D eigenvalue weighted by atomic mass is 10.0. The highest BCUT2D eigenvalue weighted by Gasteiger charge is 2.17. The van der Waals surface area contributed by atoms with Crippen molar-refractivity contribution in [2.24, 2.45) is 0 Å². The molecule has 0 saturated heterocycles. The molecule has 66 heavy (non-hydrogen) atoms. The van der Waals surface area contributed by atoms with Gasteiger partial charge < -0.3 is 14.2 Å². The maximum absolute atomic E-state index is 12.8. The van der Waals surface area contributed by atoms with Crippen molar-refractivity contribution in [3.05, 3.63) is 97.2 Å². The van der Waals surface area contributed by atoms with Crippen molar-refractivity contribution < 1.29 is 23.8 Å². The monoisotopic (exact) mass is 917 g/mol. The van der Waals surface area contributed by atoms with Gasteiger partial charge in [0.2, 0.25) is 0 Å². The topological polar surface area (TPSA) is 61.8 Å². The fourth-order valence-corrected chi connectivity index (χ4v) is 7.55. The van der Waals surface area contributed by atoms with Crippen LogP contribution in [-0.2, 0) is 23.8 Å². The molecule has 0 amide bonds. The zero-order valence-corrected chi connectivity index (χ0v) is 43.4. The van der Waals surface area contributed by atoms with Crippen molar-refractivity contribution in [2.75, 3.05) is 19.8 Å². The van der Waals surface area contributed by atoms with E-state index in [-0.39, 0.29) is 25.2 Å². The summed E-state index contributed by atoms with van der Waals surface area (Å²) in [6.45, 7) is 7.56. The average molecular weight is 917 g/mol. The van der Waals surface area contributed by atoms with Gasteiger partial charge in [0, 0.05) is 19.4 Å². The molecule has 0 heterocycles. The van der Waals surface area contributed by atoms with Gasteiger partial charge in [-0.2, -0.15) is 0 Å². The van der Waals surface area contributed by atoms with E-state index in [0.29, 0.717) is 19.4 Å². The molecule has 0 saturated carbocycles. The number of ether oxygens (including phenoxy) is 3. The Hall–Kier alpha value is -3.18. The molecule has 1 unspecified atom stereocenters. The van der Waals surface area contributed by atoms with Crippen LogP contribution in [0.4, 0.5) is 0 Å². The first kappa shape index (κ1) is 62.8. The Bertz CT molecular complexity index is 1270. The second-order valence-corrected chi connectivity index (χ2v) is 18.1. The van der Waals surface area contributed by atoms with Crippen molar-refractivity contribution in [1.82, 2.24) is 0 Å². The van der Waals surface area contributed by atoms with Gasteiger partial charge in [-0.25, -0.2) is 0 Å². The van der Waals surface area contributed by atoms with Crippen LogP contribution in [0.2, 0.25) is 0 Å². The largest absolute Gasteiger partial charge is 0.462 e. The summed E-state index contributed by atoms with van der Waals surface area (Å²) in [6, 6.07) is 0. The molecule has 0 radical (unpaired) electrons. The van der Waals surface area contributed by atoms with Crippen molar-refractivity contribution in [2.45, 2.75) is 258 Å². The maximum atomic E-state index is 12.8. The lowest BCUT2D eigenvalue weighted by molar-refractivity contribution is -0.163. The fraction of sp³-hybridized carbons (Fsp3) is 0.705. The third-order valence-electron chi connectivity index (χ3n) is 11.6. The normalized spacial score (nSPS) is 13.0. The van der Waals surface area contributed by atoms with Gasteiger partial charge in [0.05, 0.1) is 6.61 Å². The minimum Gasteiger partial charge on any atom is -0.462 e. The van der Waals surface area contributed by atoms with E-state index in [2.05, 4.69) is 118 Å². The van der Waals surface area contributed by atoms with Crippen molar-refractivity contribution in [3.8, 4) is 0 Å². The number of hydrogen-bond donors (Lipinski definition) is 0. The molecule has 0 N–H and O–H groups in total.